The summed E-state index contributed by atoms with van der Waals surface area (Å²) in [6, 6.07) is 2.09. The topological polar surface area (TPSA) is 41.1 Å². The van der Waals surface area contributed by atoms with Gasteiger partial charge in [0, 0.05) is 23.7 Å². The highest BCUT2D eigenvalue weighted by Crippen LogP contribution is 2.40. The van der Waals surface area contributed by atoms with Gasteiger partial charge in [-0.15, -0.1) is 0 Å². The molecular weight excluding hydrogens is 237 g/mol. The van der Waals surface area contributed by atoms with E-state index in [0.29, 0.717) is 5.92 Å². The van der Waals surface area contributed by atoms with Gasteiger partial charge < -0.3 is 14.5 Å². The molecule has 0 amide bonds. The van der Waals surface area contributed by atoms with Crippen LogP contribution in [0.15, 0.2) is 24.4 Å². The lowest BCUT2D eigenvalue weighted by molar-refractivity contribution is 0.409. The van der Waals surface area contributed by atoms with Crippen molar-refractivity contribution in [2.75, 3.05) is 20.1 Å². The van der Waals surface area contributed by atoms with Gasteiger partial charge in [-0.1, -0.05) is 5.98 Å². The van der Waals surface area contributed by atoms with Gasteiger partial charge in [0.15, 0.2) is 0 Å². The summed E-state index contributed by atoms with van der Waals surface area (Å²) in [6.45, 7) is 2.28. The number of nitrogens with one attached hydrogen (secondary N) is 1. The average Bonchev–Trinajstić information content (AvgIpc) is 3.06. The number of H-pyrrole nitrogens is 1. The largest absolute Gasteiger partial charge is 0.557 e. The Morgan fingerprint density at radius 2 is 2.47 bits per heavy atom. The van der Waals surface area contributed by atoms with Crippen LogP contribution in [-0.4, -0.2) is 42.5 Å². The molecule has 5 heteroatoms. The lowest BCUT2D eigenvalue weighted by atomic mass is 9.81. The highest BCUT2D eigenvalue weighted by molar-refractivity contribution is 6.39. The predicted molar refractivity (Wildman–Crippen MR) is 76.1 cm³/mol. The number of likely N-dealkylation sites (tertiary alicyclic amines) is 1. The van der Waals surface area contributed by atoms with Crippen LogP contribution in [0.3, 0.4) is 0 Å². The molecule has 4 rings (SSSR count). The van der Waals surface area contributed by atoms with E-state index in [9.17, 15) is 0 Å². The molecule has 1 radical (unpaired) electrons. The fraction of sp³-hybridized carbons (Fsp3) is 0.357. The fourth-order valence-corrected chi connectivity index (χ4v) is 3.17. The molecule has 0 bridgehead atoms. The van der Waals surface area contributed by atoms with Crippen molar-refractivity contribution in [3.63, 3.8) is 0 Å². The van der Waals surface area contributed by atoms with Gasteiger partial charge in [0.1, 0.15) is 11.4 Å². The Kier molecular flexibility index (Phi) is 2.42. The summed E-state index contributed by atoms with van der Waals surface area (Å²) in [5.41, 5.74) is 3.54. The van der Waals surface area contributed by atoms with E-state index in [-0.39, 0.29) is 0 Å². The zero-order valence-electron chi connectivity index (χ0n) is 10.9. The van der Waals surface area contributed by atoms with Gasteiger partial charge in [-0.2, -0.15) is 0 Å². The van der Waals surface area contributed by atoms with Crippen LogP contribution in [0.2, 0.25) is 0 Å². The quantitative estimate of drug-likeness (QED) is 0.787. The Balaban J connectivity index is 1.86. The van der Waals surface area contributed by atoms with Gasteiger partial charge in [-0.3, -0.25) is 0 Å². The van der Waals surface area contributed by atoms with E-state index in [2.05, 4.69) is 34.0 Å². The average molecular weight is 252 g/mol. The Morgan fingerprint density at radius 1 is 1.53 bits per heavy atom. The van der Waals surface area contributed by atoms with Crippen molar-refractivity contribution < 1.29 is 4.65 Å². The van der Waals surface area contributed by atoms with Crippen molar-refractivity contribution >= 4 is 24.1 Å². The minimum absolute atomic E-state index is 0.587. The second-order valence-electron chi connectivity index (χ2n) is 5.36. The van der Waals surface area contributed by atoms with Crippen LogP contribution in [0.4, 0.5) is 0 Å². The Hall–Kier alpha value is -1.75. The molecule has 19 heavy (non-hydrogen) atoms. The molecule has 0 saturated carbocycles. The van der Waals surface area contributed by atoms with Crippen LogP contribution in [-0.2, 0) is 0 Å². The van der Waals surface area contributed by atoms with Gasteiger partial charge in [-0.25, -0.2) is 4.98 Å². The number of fused-ring (bicyclic) bond motifs is 3. The molecule has 95 valence electrons. The molecule has 2 aromatic heterocycles. The molecule has 4 heterocycles. The van der Waals surface area contributed by atoms with Crippen molar-refractivity contribution in [3.8, 4) is 5.75 Å². The summed E-state index contributed by atoms with van der Waals surface area (Å²) < 4.78 is 5.63. The number of hydrogen-bond donors (Lipinski definition) is 1. The molecule has 0 aromatic carbocycles. The minimum atomic E-state index is 0.587. The van der Waals surface area contributed by atoms with Crippen LogP contribution in [0.5, 0.6) is 5.75 Å². The van der Waals surface area contributed by atoms with E-state index < -0.39 is 0 Å². The third-order valence-corrected chi connectivity index (χ3v) is 4.11. The summed E-state index contributed by atoms with van der Waals surface area (Å²) in [7, 11) is 3.97. The summed E-state index contributed by atoms with van der Waals surface area (Å²) in [5.74, 6) is 3.59. The van der Waals surface area contributed by atoms with Crippen molar-refractivity contribution in [3.05, 3.63) is 30.0 Å². The van der Waals surface area contributed by atoms with Crippen molar-refractivity contribution in [2.24, 2.45) is 5.92 Å². The van der Waals surface area contributed by atoms with E-state index in [4.69, 9.17) is 4.65 Å². The summed E-state index contributed by atoms with van der Waals surface area (Å²) in [4.78, 5) is 9.95. The van der Waals surface area contributed by atoms with Crippen LogP contribution in [0.1, 0.15) is 12.0 Å². The Morgan fingerprint density at radius 3 is 3.32 bits per heavy atom. The Bertz CT molecular complexity index is 664. The van der Waals surface area contributed by atoms with Gasteiger partial charge in [0.2, 0.25) is 0 Å². The fourth-order valence-electron chi connectivity index (χ4n) is 3.17. The zero-order valence-corrected chi connectivity index (χ0v) is 10.9. The van der Waals surface area contributed by atoms with Crippen molar-refractivity contribution in [1.82, 2.24) is 14.9 Å². The molecule has 2 aliphatic heterocycles. The Labute approximate surface area is 112 Å². The smallest absolute Gasteiger partial charge is 0.401 e. The third kappa shape index (κ3) is 1.69. The van der Waals surface area contributed by atoms with Crippen molar-refractivity contribution in [2.45, 2.75) is 6.42 Å². The highest BCUT2D eigenvalue weighted by Gasteiger charge is 2.29. The number of aromatic amines is 1. The lowest BCUT2D eigenvalue weighted by Crippen LogP contribution is -2.17. The zero-order chi connectivity index (χ0) is 12.8. The van der Waals surface area contributed by atoms with E-state index in [1.165, 1.54) is 24.1 Å². The number of hydrogen-bond acceptors (Lipinski definition) is 3. The van der Waals surface area contributed by atoms with E-state index in [0.717, 1.165) is 23.3 Å². The monoisotopic (exact) mass is 252 g/mol. The summed E-state index contributed by atoms with van der Waals surface area (Å²) in [6.07, 6.45) is 4.97. The molecule has 0 spiro atoms. The number of pyridine rings is 1. The lowest BCUT2D eigenvalue weighted by Gasteiger charge is -2.23. The predicted octanol–water partition coefficient (Wildman–Crippen LogP) is 1.87. The van der Waals surface area contributed by atoms with Crippen LogP contribution in [0.25, 0.3) is 16.6 Å². The standard InChI is InChI=1S/C14H15BN3O/c1-18-5-3-9(8-18)11-6-15-19-12-7-17-14-10(13(11)12)2-4-16-14/h2,4,6-7,9H,3,5,8H2,1H3,(H,16,17). The number of rotatable bonds is 1. The van der Waals surface area contributed by atoms with Crippen LogP contribution >= 0.6 is 0 Å². The molecule has 1 N–H and O–H groups in total. The molecule has 2 aromatic rings. The van der Waals surface area contributed by atoms with Gasteiger partial charge >= 0.3 is 7.48 Å². The first kappa shape index (κ1) is 11.1. The maximum atomic E-state index is 5.63. The van der Waals surface area contributed by atoms with Crippen molar-refractivity contribution in [1.29, 1.82) is 0 Å². The second kappa shape index (κ2) is 4.13. The SMILES string of the molecule is CN1CCC(C2=C[B]Oc3cnc4[nH]ccc4c32)C1. The molecule has 1 unspecified atom stereocenters. The summed E-state index contributed by atoms with van der Waals surface area (Å²) in [5, 5.41) is 1.16. The van der Waals surface area contributed by atoms with Gasteiger partial charge in [0.05, 0.1) is 6.20 Å². The minimum Gasteiger partial charge on any atom is -0.557 e. The normalized spacial score (nSPS) is 22.8. The van der Waals surface area contributed by atoms with E-state index in [1.54, 1.807) is 7.48 Å². The summed E-state index contributed by atoms with van der Waals surface area (Å²) >= 11 is 0. The first-order valence-electron chi connectivity index (χ1n) is 6.68. The van der Waals surface area contributed by atoms with E-state index >= 15 is 0 Å². The maximum Gasteiger partial charge on any atom is 0.401 e. The molecule has 0 aliphatic carbocycles. The third-order valence-electron chi connectivity index (χ3n) is 4.11. The van der Waals surface area contributed by atoms with Crippen LogP contribution < -0.4 is 4.65 Å². The van der Waals surface area contributed by atoms with Gasteiger partial charge in [-0.05, 0) is 37.6 Å². The highest BCUT2D eigenvalue weighted by atomic mass is 16.4. The molecule has 1 saturated heterocycles. The molecule has 1 fully saturated rings. The molecule has 4 nitrogen and oxygen atoms in total. The second-order valence-corrected chi connectivity index (χ2v) is 5.36. The first-order valence-corrected chi connectivity index (χ1v) is 6.68. The maximum absolute atomic E-state index is 5.63. The van der Waals surface area contributed by atoms with E-state index in [1.807, 2.05) is 12.4 Å². The molecule has 1 atom stereocenters. The van der Waals surface area contributed by atoms with Crippen LogP contribution in [0, 0.1) is 5.92 Å². The molecular formula is C14H15BN3O. The number of aromatic nitrogens is 2. The van der Waals surface area contributed by atoms with Gasteiger partial charge in [0.25, 0.3) is 0 Å². The first-order chi connectivity index (χ1) is 9.33. The molecule has 2 aliphatic rings. The number of nitrogens with zero attached hydrogens (tertiary/aromatic N) is 2.